The van der Waals surface area contributed by atoms with E-state index in [9.17, 15) is 45.4 Å². The smallest absolute Gasteiger partial charge is 0.344 e. The van der Waals surface area contributed by atoms with E-state index in [4.69, 9.17) is 14.6 Å². The van der Waals surface area contributed by atoms with Gasteiger partial charge < -0.3 is 35.0 Å². The first-order valence-corrected chi connectivity index (χ1v) is 7.25. The van der Waals surface area contributed by atoms with Crippen molar-refractivity contribution in [2.24, 2.45) is 0 Å². The number of phenols is 1. The van der Waals surface area contributed by atoms with Crippen LogP contribution in [0.4, 0.5) is 11.4 Å². The van der Waals surface area contributed by atoms with Crippen molar-refractivity contribution in [2.75, 3.05) is 6.61 Å². The van der Waals surface area contributed by atoms with Crippen LogP contribution in [0.5, 0.6) is 5.75 Å². The molecule has 1 aliphatic heterocycles. The lowest BCUT2D eigenvalue weighted by Crippen LogP contribution is -2.59. The van der Waals surface area contributed by atoms with Crippen molar-refractivity contribution in [3.63, 3.8) is 0 Å². The topological polar surface area (TPSA) is 223 Å². The number of nitrogens with zero attached hydrogens (tertiary/aromatic N) is 2. The van der Waals surface area contributed by atoms with Crippen LogP contribution in [0, 0.1) is 20.2 Å². The van der Waals surface area contributed by atoms with Crippen LogP contribution < -0.4 is 0 Å². The van der Waals surface area contributed by atoms with Gasteiger partial charge >= 0.3 is 11.7 Å². The molecule has 27 heavy (non-hydrogen) atoms. The van der Waals surface area contributed by atoms with E-state index in [1.165, 1.54) is 0 Å². The molecule has 148 valence electrons. The quantitative estimate of drug-likeness (QED) is 0.212. The molecule has 0 radical (unpaired) electrons. The molecule has 0 aliphatic carbocycles. The summed E-state index contributed by atoms with van der Waals surface area (Å²) in [7, 11) is 0. The van der Waals surface area contributed by atoms with E-state index in [1.807, 2.05) is 0 Å². The molecule has 0 spiro atoms. The van der Waals surface area contributed by atoms with Gasteiger partial charge in [-0.3, -0.25) is 20.2 Å². The lowest BCUT2D eigenvalue weighted by atomic mass is 9.99. The van der Waals surface area contributed by atoms with E-state index in [-0.39, 0.29) is 0 Å². The molecule has 14 heteroatoms. The van der Waals surface area contributed by atoms with Crippen LogP contribution in [0.1, 0.15) is 10.4 Å². The number of benzene rings is 1. The van der Waals surface area contributed by atoms with Crippen molar-refractivity contribution in [2.45, 2.75) is 30.7 Å². The van der Waals surface area contributed by atoms with Crippen LogP contribution in [0.25, 0.3) is 0 Å². The van der Waals surface area contributed by atoms with Crippen LogP contribution >= 0.6 is 0 Å². The lowest BCUT2D eigenvalue weighted by molar-refractivity contribution is -0.394. The van der Waals surface area contributed by atoms with Crippen molar-refractivity contribution in [1.29, 1.82) is 0 Å². The molecule has 5 atom stereocenters. The molecule has 0 aromatic heterocycles. The molecule has 1 saturated heterocycles. The predicted octanol–water partition coefficient (Wildman–Crippen LogP) is -1.83. The number of nitro benzene ring substituents is 2. The highest BCUT2D eigenvalue weighted by atomic mass is 16.7. The predicted molar refractivity (Wildman–Crippen MR) is 80.6 cm³/mol. The van der Waals surface area contributed by atoms with Crippen molar-refractivity contribution in [3.8, 4) is 5.75 Å². The Kier molecular flexibility index (Phi) is 5.87. The number of esters is 1. The second-order valence-corrected chi connectivity index (χ2v) is 5.48. The lowest BCUT2D eigenvalue weighted by Gasteiger charge is -2.39. The summed E-state index contributed by atoms with van der Waals surface area (Å²) >= 11 is 0. The average Bonchev–Trinajstić information content (AvgIpc) is 2.61. The van der Waals surface area contributed by atoms with E-state index in [1.54, 1.807) is 0 Å². The zero-order valence-electron chi connectivity index (χ0n) is 13.2. The van der Waals surface area contributed by atoms with Crippen LogP contribution in [0.15, 0.2) is 12.1 Å². The molecule has 1 fully saturated rings. The number of carbonyl (C=O) groups excluding carboxylic acids is 1. The van der Waals surface area contributed by atoms with Crippen molar-refractivity contribution < 1.29 is 49.6 Å². The van der Waals surface area contributed by atoms with E-state index >= 15 is 0 Å². The minimum absolute atomic E-state index is 0.431. The zero-order chi connectivity index (χ0) is 20.5. The zero-order valence-corrected chi connectivity index (χ0v) is 13.2. The normalized spacial score (nSPS) is 27.8. The monoisotopic (exact) mass is 390 g/mol. The summed E-state index contributed by atoms with van der Waals surface area (Å²) in [6.07, 6.45) is -8.92. The Hall–Kier alpha value is -2.91. The van der Waals surface area contributed by atoms with Crippen molar-refractivity contribution >= 4 is 17.3 Å². The van der Waals surface area contributed by atoms with Crippen molar-refractivity contribution in [1.82, 2.24) is 0 Å². The number of phenolic OH excluding ortho intramolecular Hbond substituents is 1. The fourth-order valence-electron chi connectivity index (χ4n) is 2.34. The molecule has 1 aromatic carbocycles. The Bertz CT molecular complexity index is 766. The van der Waals surface area contributed by atoms with Gasteiger partial charge in [0, 0.05) is 6.07 Å². The van der Waals surface area contributed by atoms with Gasteiger partial charge in [-0.1, -0.05) is 0 Å². The summed E-state index contributed by atoms with van der Waals surface area (Å²) < 4.78 is 9.61. The number of rotatable bonds is 5. The number of hydrogen-bond donors (Lipinski definition) is 5. The number of nitro groups is 2. The standard InChI is InChI=1S/C13H14N2O12/c16-3-7-9(18)10(19)11(20)13(26-7)27-12(21)5-1-4(14(22)23)2-6(8(5)17)15(24)25/h1-2,7,9-11,13,16-20H,3H2/t7-,9-,10+,11-,13+/m1/s1. The third-order valence-corrected chi connectivity index (χ3v) is 3.77. The second kappa shape index (κ2) is 7.77. The highest BCUT2D eigenvalue weighted by molar-refractivity contribution is 5.95. The molecule has 0 amide bonds. The molecule has 1 aliphatic rings. The number of ether oxygens (including phenoxy) is 2. The highest BCUT2D eigenvalue weighted by Crippen LogP contribution is 2.35. The fraction of sp³-hybridized carbons (Fsp3) is 0.462. The number of hydrogen-bond acceptors (Lipinski definition) is 12. The van der Waals surface area contributed by atoms with Gasteiger partial charge in [0.2, 0.25) is 12.0 Å². The molecule has 1 aromatic rings. The first kappa shape index (κ1) is 20.4. The SMILES string of the molecule is O=C(O[C@@H]1O[C@H](CO)[C@@H](O)[C@H](O)[C@H]1O)c1cc([N+](=O)[O-])cc([N+](=O)[O-])c1O. The van der Waals surface area contributed by atoms with Gasteiger partial charge in [-0.15, -0.1) is 0 Å². The molecular formula is C13H14N2O12. The molecule has 0 saturated carbocycles. The average molecular weight is 390 g/mol. The number of aliphatic hydroxyl groups excluding tert-OH is 4. The second-order valence-electron chi connectivity index (χ2n) is 5.48. The molecule has 1 heterocycles. The third kappa shape index (κ3) is 3.93. The van der Waals surface area contributed by atoms with E-state index in [2.05, 4.69) is 0 Å². The van der Waals surface area contributed by atoms with Gasteiger partial charge in [0.25, 0.3) is 5.69 Å². The molecule has 5 N–H and O–H groups in total. The summed E-state index contributed by atoms with van der Waals surface area (Å²) in [5.41, 5.74) is -2.99. The van der Waals surface area contributed by atoms with Gasteiger partial charge in [0.15, 0.2) is 0 Å². The number of aliphatic hydroxyl groups is 4. The largest absolute Gasteiger partial charge is 0.501 e. The van der Waals surface area contributed by atoms with E-state index in [0.29, 0.717) is 12.1 Å². The fourth-order valence-corrected chi connectivity index (χ4v) is 2.34. The molecular weight excluding hydrogens is 376 g/mol. The van der Waals surface area contributed by atoms with Crippen molar-refractivity contribution in [3.05, 3.63) is 37.9 Å². The Balaban J connectivity index is 2.35. The summed E-state index contributed by atoms with van der Waals surface area (Å²) in [6, 6.07) is 0.939. The van der Waals surface area contributed by atoms with Gasteiger partial charge in [-0.2, -0.15) is 0 Å². The molecule has 2 rings (SSSR count). The van der Waals surface area contributed by atoms with Gasteiger partial charge in [0.1, 0.15) is 30.0 Å². The van der Waals surface area contributed by atoms with Gasteiger partial charge in [0.05, 0.1) is 22.5 Å². The minimum atomic E-state index is -1.97. The Labute approximate surface area is 149 Å². The number of carbonyl (C=O) groups is 1. The summed E-state index contributed by atoms with van der Waals surface area (Å²) in [5, 5.41) is 69.7. The summed E-state index contributed by atoms with van der Waals surface area (Å²) in [5.74, 6) is -2.77. The summed E-state index contributed by atoms with van der Waals surface area (Å²) in [6.45, 7) is -0.813. The molecule has 0 bridgehead atoms. The highest BCUT2D eigenvalue weighted by Gasteiger charge is 2.45. The van der Waals surface area contributed by atoms with Crippen LogP contribution in [-0.4, -0.2) is 78.7 Å². The third-order valence-electron chi connectivity index (χ3n) is 3.77. The maximum atomic E-state index is 12.2. The number of aromatic hydroxyl groups is 1. The van der Waals surface area contributed by atoms with E-state index in [0.717, 1.165) is 0 Å². The first-order valence-electron chi connectivity index (χ1n) is 7.25. The minimum Gasteiger partial charge on any atom is -0.501 e. The van der Waals surface area contributed by atoms with Gasteiger partial charge in [-0.05, 0) is 0 Å². The van der Waals surface area contributed by atoms with Crippen LogP contribution in [0.2, 0.25) is 0 Å². The summed E-state index contributed by atoms with van der Waals surface area (Å²) in [4.78, 5) is 31.7. The maximum Gasteiger partial charge on any atom is 0.344 e. The first-order chi connectivity index (χ1) is 12.6. The number of non-ortho nitro benzene ring substituents is 1. The van der Waals surface area contributed by atoms with E-state index < -0.39 is 75.8 Å². The Morgan fingerprint density at radius 3 is 2.26 bits per heavy atom. The maximum absolute atomic E-state index is 12.2. The Morgan fingerprint density at radius 1 is 1.11 bits per heavy atom. The van der Waals surface area contributed by atoms with Crippen LogP contribution in [0.3, 0.4) is 0 Å². The van der Waals surface area contributed by atoms with Gasteiger partial charge in [-0.25, -0.2) is 4.79 Å². The molecule has 0 unspecified atom stereocenters. The van der Waals surface area contributed by atoms with Crippen LogP contribution in [-0.2, 0) is 9.47 Å². The molecule has 14 nitrogen and oxygen atoms in total. The Morgan fingerprint density at radius 2 is 1.74 bits per heavy atom.